The first kappa shape index (κ1) is 20.0. The number of para-hydroxylation sites is 1. The Labute approximate surface area is 161 Å². The zero-order chi connectivity index (χ0) is 20.1. The topological polar surface area (TPSA) is 58.8 Å². The van der Waals surface area contributed by atoms with Gasteiger partial charge in [-0.1, -0.05) is 18.2 Å². The number of ether oxygens (including phenoxy) is 1. The Balaban J connectivity index is 1.46. The number of anilines is 2. The van der Waals surface area contributed by atoms with E-state index in [0.29, 0.717) is 49.7 Å². The van der Waals surface area contributed by atoms with Gasteiger partial charge in [-0.3, -0.25) is 4.90 Å². The van der Waals surface area contributed by atoms with Gasteiger partial charge < -0.3 is 15.4 Å². The Bertz CT molecular complexity index is 818. The second-order valence-corrected chi connectivity index (χ2v) is 6.60. The Kier molecular flexibility index (Phi) is 6.08. The molecule has 28 heavy (non-hydrogen) atoms. The number of nitrogens with zero attached hydrogens (tertiary/aromatic N) is 2. The van der Waals surface area contributed by atoms with Crippen LogP contribution in [-0.2, 0) is 10.9 Å². The monoisotopic (exact) mass is 393 g/mol. The highest BCUT2D eigenvalue weighted by Crippen LogP contribution is 2.31. The molecule has 0 saturated carbocycles. The highest BCUT2D eigenvalue weighted by Gasteiger charge is 2.31. The normalized spacial score (nSPS) is 15.5. The number of rotatable bonds is 5. The maximum atomic E-state index is 12.9. The Hall–Kier alpha value is -2.74. The maximum Gasteiger partial charge on any atom is 0.416 e. The molecule has 0 aliphatic carbocycles. The molecule has 0 radical (unpaired) electrons. The van der Waals surface area contributed by atoms with Crippen LogP contribution in [0.3, 0.4) is 0 Å². The summed E-state index contributed by atoms with van der Waals surface area (Å²) < 4.78 is 43.9. The average molecular weight is 393 g/mol. The van der Waals surface area contributed by atoms with E-state index in [1.54, 1.807) is 30.3 Å². The highest BCUT2D eigenvalue weighted by molar-refractivity contribution is 5.94. The highest BCUT2D eigenvalue weighted by atomic mass is 19.4. The fraction of sp³-hybridized carbons (Fsp3) is 0.350. The third kappa shape index (κ3) is 4.95. The number of nitrogen functional groups attached to an aromatic ring is 1. The Morgan fingerprint density at radius 3 is 2.43 bits per heavy atom. The largest absolute Gasteiger partial charge is 0.461 e. The molecule has 2 N–H and O–H groups in total. The number of hydrogen-bond acceptors (Lipinski definition) is 5. The molecule has 5 nitrogen and oxygen atoms in total. The second-order valence-electron chi connectivity index (χ2n) is 6.60. The van der Waals surface area contributed by atoms with Crippen molar-refractivity contribution in [2.45, 2.75) is 6.18 Å². The summed E-state index contributed by atoms with van der Waals surface area (Å²) in [6.07, 6.45) is -4.34. The van der Waals surface area contributed by atoms with Crippen LogP contribution in [0.15, 0.2) is 48.5 Å². The molecular weight excluding hydrogens is 371 g/mol. The predicted octanol–water partition coefficient (Wildman–Crippen LogP) is 3.27. The number of esters is 1. The number of halogens is 3. The van der Waals surface area contributed by atoms with Gasteiger partial charge in [-0.2, -0.15) is 13.2 Å². The third-order valence-corrected chi connectivity index (χ3v) is 4.73. The summed E-state index contributed by atoms with van der Waals surface area (Å²) in [5.74, 6) is -0.458. The first-order valence-corrected chi connectivity index (χ1v) is 9.01. The molecule has 1 saturated heterocycles. The predicted molar refractivity (Wildman–Crippen MR) is 101 cm³/mol. The lowest BCUT2D eigenvalue weighted by Gasteiger charge is -2.36. The molecule has 0 spiro atoms. The van der Waals surface area contributed by atoms with Crippen molar-refractivity contribution >= 4 is 17.3 Å². The van der Waals surface area contributed by atoms with E-state index in [4.69, 9.17) is 10.5 Å². The zero-order valence-corrected chi connectivity index (χ0v) is 15.3. The molecule has 8 heteroatoms. The van der Waals surface area contributed by atoms with E-state index >= 15 is 0 Å². The van der Waals surface area contributed by atoms with Crippen molar-refractivity contribution in [2.24, 2.45) is 0 Å². The fourth-order valence-electron chi connectivity index (χ4n) is 3.14. The van der Waals surface area contributed by atoms with Crippen LogP contribution in [0, 0.1) is 0 Å². The summed E-state index contributed by atoms with van der Waals surface area (Å²) >= 11 is 0. The van der Waals surface area contributed by atoms with Gasteiger partial charge in [0.15, 0.2) is 0 Å². The van der Waals surface area contributed by atoms with Crippen LogP contribution < -0.4 is 10.6 Å². The summed E-state index contributed by atoms with van der Waals surface area (Å²) in [5.41, 5.74) is 6.41. The SMILES string of the molecule is Nc1ccccc1C(=O)OCCN1CCN(c2cccc(C(F)(F)F)c2)CC1. The number of hydrogen-bond donors (Lipinski definition) is 1. The number of alkyl halides is 3. The summed E-state index contributed by atoms with van der Waals surface area (Å²) in [4.78, 5) is 16.1. The van der Waals surface area contributed by atoms with E-state index in [9.17, 15) is 18.0 Å². The first-order valence-electron chi connectivity index (χ1n) is 9.01. The number of benzene rings is 2. The van der Waals surface area contributed by atoms with Gasteiger partial charge >= 0.3 is 12.1 Å². The van der Waals surface area contributed by atoms with Crippen LogP contribution in [-0.4, -0.2) is 50.2 Å². The lowest BCUT2D eigenvalue weighted by molar-refractivity contribution is -0.137. The lowest BCUT2D eigenvalue weighted by atomic mass is 10.1. The van der Waals surface area contributed by atoms with Gasteiger partial charge in [0.25, 0.3) is 0 Å². The number of nitrogens with two attached hydrogens (primary N) is 1. The quantitative estimate of drug-likeness (QED) is 0.624. The molecule has 1 fully saturated rings. The molecule has 1 heterocycles. The molecule has 0 aromatic heterocycles. The summed E-state index contributed by atoms with van der Waals surface area (Å²) in [7, 11) is 0. The molecule has 0 amide bonds. The lowest BCUT2D eigenvalue weighted by Crippen LogP contribution is -2.47. The van der Waals surface area contributed by atoms with Crippen LogP contribution in [0.4, 0.5) is 24.5 Å². The minimum absolute atomic E-state index is 0.233. The molecule has 0 unspecified atom stereocenters. The number of carbonyl (C=O) groups is 1. The molecule has 2 aromatic carbocycles. The van der Waals surface area contributed by atoms with Crippen molar-refractivity contribution in [1.82, 2.24) is 4.90 Å². The van der Waals surface area contributed by atoms with E-state index in [1.807, 2.05) is 4.90 Å². The van der Waals surface area contributed by atoms with Crippen molar-refractivity contribution in [3.63, 3.8) is 0 Å². The Morgan fingerprint density at radius 1 is 1.04 bits per heavy atom. The van der Waals surface area contributed by atoms with Gasteiger partial charge in [0.1, 0.15) is 6.61 Å². The molecular formula is C20H22F3N3O2. The smallest absolute Gasteiger partial charge is 0.416 e. The van der Waals surface area contributed by atoms with Crippen LogP contribution >= 0.6 is 0 Å². The maximum absolute atomic E-state index is 12.9. The van der Waals surface area contributed by atoms with E-state index in [1.165, 1.54) is 12.1 Å². The van der Waals surface area contributed by atoms with Gasteiger partial charge in [-0.15, -0.1) is 0 Å². The number of carbonyl (C=O) groups excluding carboxylic acids is 1. The summed E-state index contributed by atoms with van der Waals surface area (Å²) in [6, 6.07) is 12.1. The van der Waals surface area contributed by atoms with E-state index in [0.717, 1.165) is 6.07 Å². The number of piperazine rings is 1. The first-order chi connectivity index (χ1) is 13.3. The van der Waals surface area contributed by atoms with Crippen LogP contribution in [0.1, 0.15) is 15.9 Å². The molecule has 0 bridgehead atoms. The van der Waals surface area contributed by atoms with Gasteiger partial charge in [0.2, 0.25) is 0 Å². The minimum atomic E-state index is -4.34. The molecule has 1 aliphatic rings. The Morgan fingerprint density at radius 2 is 1.75 bits per heavy atom. The third-order valence-electron chi connectivity index (χ3n) is 4.73. The average Bonchev–Trinajstić information content (AvgIpc) is 2.68. The fourth-order valence-corrected chi connectivity index (χ4v) is 3.14. The van der Waals surface area contributed by atoms with Gasteiger partial charge in [0.05, 0.1) is 11.1 Å². The molecule has 3 rings (SSSR count). The van der Waals surface area contributed by atoms with Crippen molar-refractivity contribution in [3.8, 4) is 0 Å². The van der Waals surface area contributed by atoms with Crippen molar-refractivity contribution in [1.29, 1.82) is 0 Å². The van der Waals surface area contributed by atoms with E-state index in [-0.39, 0.29) is 6.61 Å². The van der Waals surface area contributed by atoms with E-state index < -0.39 is 17.7 Å². The van der Waals surface area contributed by atoms with Crippen LogP contribution in [0.25, 0.3) is 0 Å². The van der Waals surface area contributed by atoms with Crippen molar-refractivity contribution in [2.75, 3.05) is 50.0 Å². The van der Waals surface area contributed by atoms with Gasteiger partial charge in [0, 0.05) is 44.1 Å². The molecule has 150 valence electrons. The van der Waals surface area contributed by atoms with Gasteiger partial charge in [-0.05, 0) is 30.3 Å². The zero-order valence-electron chi connectivity index (χ0n) is 15.3. The van der Waals surface area contributed by atoms with Crippen LogP contribution in [0.2, 0.25) is 0 Å². The molecule has 0 atom stereocenters. The second kappa shape index (κ2) is 8.52. The summed E-state index contributed by atoms with van der Waals surface area (Å²) in [6.45, 7) is 3.38. The van der Waals surface area contributed by atoms with E-state index in [2.05, 4.69) is 4.90 Å². The molecule has 2 aromatic rings. The van der Waals surface area contributed by atoms with Crippen molar-refractivity contribution in [3.05, 3.63) is 59.7 Å². The molecule has 1 aliphatic heterocycles. The van der Waals surface area contributed by atoms with Crippen molar-refractivity contribution < 1.29 is 22.7 Å². The summed E-state index contributed by atoms with van der Waals surface area (Å²) in [5, 5.41) is 0. The van der Waals surface area contributed by atoms with Crippen LogP contribution in [0.5, 0.6) is 0 Å². The minimum Gasteiger partial charge on any atom is -0.461 e. The van der Waals surface area contributed by atoms with Gasteiger partial charge in [-0.25, -0.2) is 4.79 Å². The standard InChI is InChI=1S/C20H22F3N3O2/c21-20(22,23)15-4-3-5-16(14-15)26-10-8-25(9-11-26)12-13-28-19(27)17-6-1-2-7-18(17)24/h1-7,14H,8-13,24H2.